The number of rotatable bonds is 7. The normalized spacial score (nSPS) is 12.0. The Morgan fingerprint density at radius 3 is 2.89 bits per heavy atom. The second kappa shape index (κ2) is 8.17. The predicted octanol–water partition coefficient (Wildman–Crippen LogP) is 2.59. The van der Waals surface area contributed by atoms with Crippen LogP contribution in [0.25, 0.3) is 0 Å². The summed E-state index contributed by atoms with van der Waals surface area (Å²) in [5.41, 5.74) is 6.52. The van der Waals surface area contributed by atoms with Crippen LogP contribution in [0.5, 0.6) is 5.75 Å². The van der Waals surface area contributed by atoms with Crippen molar-refractivity contribution in [3.63, 3.8) is 0 Å². The first-order valence-electron chi connectivity index (χ1n) is 6.47. The molecule has 0 bridgehead atoms. The van der Waals surface area contributed by atoms with Crippen molar-refractivity contribution >= 4 is 21.8 Å². The summed E-state index contributed by atoms with van der Waals surface area (Å²) in [4.78, 5) is 11.7. The highest BCUT2D eigenvalue weighted by atomic mass is 79.9. The molecule has 4 nitrogen and oxygen atoms in total. The van der Waals surface area contributed by atoms with E-state index in [0.717, 1.165) is 22.9 Å². The molecule has 0 aliphatic rings. The van der Waals surface area contributed by atoms with E-state index in [1.54, 1.807) is 0 Å². The number of ether oxygens (including phenoxy) is 1. The van der Waals surface area contributed by atoms with Crippen molar-refractivity contribution in [1.82, 2.24) is 5.32 Å². The average molecular weight is 329 g/mol. The van der Waals surface area contributed by atoms with Crippen LogP contribution in [0.1, 0.15) is 32.3 Å². The summed E-state index contributed by atoms with van der Waals surface area (Å²) in [6.07, 6.45) is 2.02. The summed E-state index contributed by atoms with van der Waals surface area (Å²) in [7, 11) is 0. The Bertz CT molecular complexity index is 424. The lowest BCUT2D eigenvalue weighted by atomic mass is 10.2. The minimum absolute atomic E-state index is 0.0166. The summed E-state index contributed by atoms with van der Waals surface area (Å²) in [6.45, 7) is 4.48. The molecule has 0 aliphatic heterocycles. The standard InChI is InChI=1S/C14H21BrN2O2/c1-3-4-10(2)17-14(18)9-19-13-6-5-12(15)7-11(13)8-16/h5-7,10H,3-4,8-9,16H2,1-2H3,(H,17,18). The van der Waals surface area contributed by atoms with E-state index in [-0.39, 0.29) is 18.6 Å². The summed E-state index contributed by atoms with van der Waals surface area (Å²) >= 11 is 3.38. The molecular formula is C14H21BrN2O2. The number of hydrogen-bond donors (Lipinski definition) is 2. The van der Waals surface area contributed by atoms with Gasteiger partial charge in [-0.3, -0.25) is 4.79 Å². The first-order chi connectivity index (χ1) is 9.06. The average Bonchev–Trinajstić information content (AvgIpc) is 2.37. The van der Waals surface area contributed by atoms with Crippen LogP contribution in [-0.2, 0) is 11.3 Å². The second-order valence-corrected chi connectivity index (χ2v) is 5.42. The largest absolute Gasteiger partial charge is 0.483 e. The Morgan fingerprint density at radius 1 is 1.53 bits per heavy atom. The zero-order valence-electron chi connectivity index (χ0n) is 11.4. The van der Waals surface area contributed by atoms with Gasteiger partial charge < -0.3 is 15.8 Å². The maximum Gasteiger partial charge on any atom is 0.258 e. The molecule has 1 unspecified atom stereocenters. The van der Waals surface area contributed by atoms with Gasteiger partial charge in [-0.15, -0.1) is 0 Å². The van der Waals surface area contributed by atoms with Crippen LogP contribution in [0, 0.1) is 0 Å². The number of nitrogens with one attached hydrogen (secondary N) is 1. The highest BCUT2D eigenvalue weighted by molar-refractivity contribution is 9.10. The van der Waals surface area contributed by atoms with E-state index in [4.69, 9.17) is 10.5 Å². The molecular weight excluding hydrogens is 308 g/mol. The fourth-order valence-electron chi connectivity index (χ4n) is 1.81. The van der Waals surface area contributed by atoms with Gasteiger partial charge in [0.25, 0.3) is 5.91 Å². The first kappa shape index (κ1) is 16.0. The lowest BCUT2D eigenvalue weighted by Crippen LogP contribution is -2.36. The van der Waals surface area contributed by atoms with Crippen LogP contribution >= 0.6 is 15.9 Å². The van der Waals surface area contributed by atoms with Crippen molar-refractivity contribution in [2.24, 2.45) is 5.73 Å². The van der Waals surface area contributed by atoms with E-state index in [0.29, 0.717) is 12.3 Å². The van der Waals surface area contributed by atoms with Crippen LogP contribution in [0.3, 0.4) is 0 Å². The number of halogens is 1. The van der Waals surface area contributed by atoms with Gasteiger partial charge in [0, 0.05) is 22.6 Å². The topological polar surface area (TPSA) is 64.3 Å². The molecule has 0 aliphatic carbocycles. The fourth-order valence-corrected chi connectivity index (χ4v) is 2.22. The van der Waals surface area contributed by atoms with E-state index in [2.05, 4.69) is 28.2 Å². The van der Waals surface area contributed by atoms with Gasteiger partial charge >= 0.3 is 0 Å². The number of benzene rings is 1. The third-order valence-electron chi connectivity index (χ3n) is 2.73. The Balaban J connectivity index is 2.50. The molecule has 1 aromatic carbocycles. The number of carbonyl (C=O) groups excluding carboxylic acids is 1. The van der Waals surface area contributed by atoms with Gasteiger partial charge in [-0.1, -0.05) is 29.3 Å². The van der Waals surface area contributed by atoms with E-state index in [9.17, 15) is 4.79 Å². The van der Waals surface area contributed by atoms with Crippen molar-refractivity contribution in [3.05, 3.63) is 28.2 Å². The Kier molecular flexibility index (Phi) is 6.87. The summed E-state index contributed by atoms with van der Waals surface area (Å²) < 4.78 is 6.46. The second-order valence-electron chi connectivity index (χ2n) is 4.50. The maximum atomic E-state index is 11.7. The van der Waals surface area contributed by atoms with Gasteiger partial charge in [-0.05, 0) is 31.5 Å². The fraction of sp³-hybridized carbons (Fsp3) is 0.500. The molecule has 1 atom stereocenters. The maximum absolute atomic E-state index is 11.7. The van der Waals surface area contributed by atoms with Crippen molar-refractivity contribution < 1.29 is 9.53 Å². The summed E-state index contributed by atoms with van der Waals surface area (Å²) in [5, 5.41) is 2.90. The zero-order valence-corrected chi connectivity index (χ0v) is 13.0. The molecule has 0 heterocycles. The smallest absolute Gasteiger partial charge is 0.258 e. The molecule has 1 aromatic rings. The predicted molar refractivity (Wildman–Crippen MR) is 80.0 cm³/mol. The lowest BCUT2D eigenvalue weighted by Gasteiger charge is -2.14. The van der Waals surface area contributed by atoms with Crippen LogP contribution in [0.4, 0.5) is 0 Å². The number of hydrogen-bond acceptors (Lipinski definition) is 3. The summed E-state index contributed by atoms with van der Waals surface area (Å²) in [5.74, 6) is 0.552. The van der Waals surface area contributed by atoms with Crippen LogP contribution in [0.15, 0.2) is 22.7 Å². The Morgan fingerprint density at radius 2 is 2.26 bits per heavy atom. The quantitative estimate of drug-likeness (QED) is 0.808. The third-order valence-corrected chi connectivity index (χ3v) is 3.22. The number of amides is 1. The van der Waals surface area contributed by atoms with E-state index in [1.807, 2.05) is 25.1 Å². The SMILES string of the molecule is CCCC(C)NC(=O)COc1ccc(Br)cc1CN. The first-order valence-corrected chi connectivity index (χ1v) is 7.26. The van der Waals surface area contributed by atoms with E-state index >= 15 is 0 Å². The van der Waals surface area contributed by atoms with Crippen molar-refractivity contribution in [1.29, 1.82) is 0 Å². The monoisotopic (exact) mass is 328 g/mol. The Hall–Kier alpha value is -1.07. The molecule has 0 radical (unpaired) electrons. The van der Waals surface area contributed by atoms with Gasteiger partial charge in [-0.25, -0.2) is 0 Å². The zero-order chi connectivity index (χ0) is 14.3. The molecule has 0 saturated carbocycles. The van der Waals surface area contributed by atoms with Crippen LogP contribution in [-0.4, -0.2) is 18.6 Å². The van der Waals surface area contributed by atoms with Gasteiger partial charge in [0.05, 0.1) is 0 Å². The molecule has 1 rings (SSSR count). The molecule has 1 amide bonds. The molecule has 0 fully saturated rings. The Labute approximate surface area is 122 Å². The molecule has 5 heteroatoms. The van der Waals surface area contributed by atoms with Gasteiger partial charge in [0.15, 0.2) is 6.61 Å². The highest BCUT2D eigenvalue weighted by Gasteiger charge is 2.09. The molecule has 19 heavy (non-hydrogen) atoms. The third kappa shape index (κ3) is 5.61. The molecule has 3 N–H and O–H groups in total. The van der Waals surface area contributed by atoms with E-state index in [1.165, 1.54) is 0 Å². The van der Waals surface area contributed by atoms with Gasteiger partial charge in [-0.2, -0.15) is 0 Å². The number of nitrogens with two attached hydrogens (primary N) is 1. The highest BCUT2D eigenvalue weighted by Crippen LogP contribution is 2.22. The van der Waals surface area contributed by atoms with Crippen molar-refractivity contribution in [3.8, 4) is 5.75 Å². The van der Waals surface area contributed by atoms with Crippen LogP contribution < -0.4 is 15.8 Å². The minimum atomic E-state index is -0.105. The molecule has 0 saturated heterocycles. The molecule has 0 spiro atoms. The lowest BCUT2D eigenvalue weighted by molar-refractivity contribution is -0.123. The van der Waals surface area contributed by atoms with E-state index < -0.39 is 0 Å². The molecule has 0 aromatic heterocycles. The number of carbonyl (C=O) groups is 1. The van der Waals surface area contributed by atoms with Crippen molar-refractivity contribution in [2.45, 2.75) is 39.3 Å². The van der Waals surface area contributed by atoms with Gasteiger partial charge in [0.1, 0.15) is 5.75 Å². The molecule has 106 valence electrons. The van der Waals surface area contributed by atoms with Gasteiger partial charge in [0.2, 0.25) is 0 Å². The van der Waals surface area contributed by atoms with Crippen molar-refractivity contribution in [2.75, 3.05) is 6.61 Å². The van der Waals surface area contributed by atoms with Crippen LogP contribution in [0.2, 0.25) is 0 Å². The minimum Gasteiger partial charge on any atom is -0.483 e. The summed E-state index contributed by atoms with van der Waals surface area (Å²) in [6, 6.07) is 5.76.